The predicted octanol–water partition coefficient (Wildman–Crippen LogP) is 4.81. The number of ether oxygens (including phenoxy) is 1. The minimum Gasteiger partial charge on any atom is -0.438 e. The van der Waals surface area contributed by atoms with Crippen molar-refractivity contribution < 1.29 is 9.94 Å². The highest BCUT2D eigenvalue weighted by Crippen LogP contribution is 2.31. The van der Waals surface area contributed by atoms with Crippen LogP contribution in [0, 0.1) is 20.8 Å². The Morgan fingerprint density at radius 2 is 1.69 bits per heavy atom. The number of nitrogens with zero attached hydrogens (tertiary/aromatic N) is 3. The Kier molecular flexibility index (Phi) is 5.16. The quantitative estimate of drug-likeness (QED) is 0.372. The zero-order valence-electron chi connectivity index (χ0n) is 16.2. The molecule has 1 aliphatic heterocycles. The zero-order chi connectivity index (χ0) is 18.8. The molecule has 1 fully saturated rings. The van der Waals surface area contributed by atoms with Gasteiger partial charge in [0.1, 0.15) is 5.75 Å². The molecule has 2 aromatic rings. The van der Waals surface area contributed by atoms with E-state index in [1.807, 2.05) is 45.0 Å². The molecule has 5 heteroatoms. The lowest BCUT2D eigenvalue weighted by atomic mass is 10.1. The van der Waals surface area contributed by atoms with Crippen LogP contribution in [0.2, 0.25) is 0 Å². The summed E-state index contributed by atoms with van der Waals surface area (Å²) in [6, 6.07) is 10.5. The molecule has 0 saturated carbocycles. The Bertz CT molecular complexity index is 802. The predicted molar refractivity (Wildman–Crippen MR) is 103 cm³/mol. The molecule has 0 radical (unpaired) electrons. The first kappa shape index (κ1) is 18.2. The van der Waals surface area contributed by atoms with E-state index in [1.54, 1.807) is 0 Å². The number of aromatic nitrogens is 1. The number of hydrogen-bond donors (Lipinski definition) is 1. The van der Waals surface area contributed by atoms with Gasteiger partial charge in [-0.2, -0.15) is 0 Å². The van der Waals surface area contributed by atoms with Crippen molar-refractivity contribution in [2.75, 3.05) is 0 Å². The van der Waals surface area contributed by atoms with Gasteiger partial charge in [0.2, 0.25) is 5.88 Å². The van der Waals surface area contributed by atoms with Crippen LogP contribution in [0.5, 0.6) is 11.6 Å². The van der Waals surface area contributed by atoms with Gasteiger partial charge in [0.25, 0.3) is 0 Å². The molecule has 5 nitrogen and oxygen atoms in total. The van der Waals surface area contributed by atoms with E-state index in [2.05, 4.69) is 35.0 Å². The maximum absolute atomic E-state index is 9.79. The van der Waals surface area contributed by atoms with E-state index in [-0.39, 0.29) is 0 Å². The lowest BCUT2D eigenvalue weighted by Gasteiger charge is -2.29. The fourth-order valence-corrected chi connectivity index (χ4v) is 3.74. The smallest absolute Gasteiger partial charge is 0.230 e. The molecule has 0 aliphatic carbocycles. The molecule has 1 N–H and O–H groups in total. The third-order valence-electron chi connectivity index (χ3n) is 4.94. The van der Waals surface area contributed by atoms with Gasteiger partial charge >= 0.3 is 0 Å². The van der Waals surface area contributed by atoms with Gasteiger partial charge in [-0.25, -0.2) is 4.98 Å². The second-order valence-corrected chi connectivity index (χ2v) is 7.34. The monoisotopic (exact) mass is 353 g/mol. The summed E-state index contributed by atoms with van der Waals surface area (Å²) in [7, 11) is 0. The Hall–Kier alpha value is -2.56. The number of likely N-dealkylation sites (tertiary alicyclic amines) is 1. The van der Waals surface area contributed by atoms with E-state index < -0.39 is 0 Å². The standard InChI is InChI=1S/C21H27N3O2/c1-13-10-14(2)12-18(11-13)26-21-19(9-6-15(3)22-21)20(23-25)24-16(4)7-8-17(24)5/h6,9-12,16-17,25H,7-8H2,1-5H3/b23-20-. The molecule has 2 heterocycles. The minimum atomic E-state index is 0.311. The van der Waals surface area contributed by atoms with Crippen LogP contribution in [0.1, 0.15) is 49.1 Å². The molecule has 0 bridgehead atoms. The summed E-state index contributed by atoms with van der Waals surface area (Å²) < 4.78 is 6.14. The SMILES string of the molecule is Cc1cc(C)cc(Oc2nc(C)ccc2/C(=N/O)N2C(C)CCC2C)c1. The van der Waals surface area contributed by atoms with Crippen LogP contribution in [0.25, 0.3) is 0 Å². The van der Waals surface area contributed by atoms with Crippen molar-refractivity contribution in [3.63, 3.8) is 0 Å². The van der Waals surface area contributed by atoms with Crippen LogP contribution in [0.4, 0.5) is 0 Å². The van der Waals surface area contributed by atoms with Crippen molar-refractivity contribution in [1.29, 1.82) is 0 Å². The lowest BCUT2D eigenvalue weighted by Crippen LogP contribution is -2.39. The van der Waals surface area contributed by atoms with E-state index in [4.69, 9.17) is 4.74 Å². The third-order valence-corrected chi connectivity index (χ3v) is 4.94. The molecule has 2 unspecified atom stereocenters. The Labute approximate surface area is 155 Å². The average Bonchev–Trinajstić information content (AvgIpc) is 2.89. The van der Waals surface area contributed by atoms with Crippen LogP contribution in [-0.4, -0.2) is 33.0 Å². The summed E-state index contributed by atoms with van der Waals surface area (Å²) in [6.07, 6.45) is 2.15. The van der Waals surface area contributed by atoms with Gasteiger partial charge < -0.3 is 14.8 Å². The van der Waals surface area contributed by atoms with Crippen molar-refractivity contribution in [2.24, 2.45) is 5.16 Å². The highest BCUT2D eigenvalue weighted by atomic mass is 16.5. The normalized spacial score (nSPS) is 20.5. The molecular weight excluding hydrogens is 326 g/mol. The Balaban J connectivity index is 2.02. The summed E-state index contributed by atoms with van der Waals surface area (Å²) in [5.41, 5.74) is 3.82. The molecule has 1 aromatic heterocycles. The highest BCUT2D eigenvalue weighted by Gasteiger charge is 2.32. The molecular formula is C21H27N3O2. The molecule has 3 rings (SSSR count). The summed E-state index contributed by atoms with van der Waals surface area (Å²) >= 11 is 0. The van der Waals surface area contributed by atoms with Crippen LogP contribution in [0.3, 0.4) is 0 Å². The molecule has 0 amide bonds. The first-order valence-corrected chi connectivity index (χ1v) is 9.13. The Morgan fingerprint density at radius 3 is 2.27 bits per heavy atom. The van der Waals surface area contributed by atoms with E-state index in [0.717, 1.165) is 35.4 Å². The van der Waals surface area contributed by atoms with Crippen LogP contribution >= 0.6 is 0 Å². The number of hydrogen-bond acceptors (Lipinski definition) is 4. The lowest BCUT2D eigenvalue weighted by molar-refractivity contribution is 0.282. The number of amidine groups is 1. The van der Waals surface area contributed by atoms with Gasteiger partial charge in [0.15, 0.2) is 5.84 Å². The molecule has 0 spiro atoms. The fourth-order valence-electron chi connectivity index (χ4n) is 3.74. The second kappa shape index (κ2) is 7.36. The van der Waals surface area contributed by atoms with Gasteiger partial charge in [-0.3, -0.25) is 0 Å². The maximum atomic E-state index is 9.79. The first-order chi connectivity index (χ1) is 12.4. The topological polar surface area (TPSA) is 58.0 Å². The van der Waals surface area contributed by atoms with Crippen LogP contribution in [0.15, 0.2) is 35.5 Å². The molecule has 2 atom stereocenters. The summed E-state index contributed by atoms with van der Waals surface area (Å²) in [5.74, 6) is 1.73. The average molecular weight is 353 g/mol. The largest absolute Gasteiger partial charge is 0.438 e. The van der Waals surface area contributed by atoms with Crippen LogP contribution < -0.4 is 4.74 Å². The minimum absolute atomic E-state index is 0.311. The van der Waals surface area contributed by atoms with E-state index in [9.17, 15) is 5.21 Å². The number of benzene rings is 1. The number of oxime groups is 1. The number of pyridine rings is 1. The van der Waals surface area contributed by atoms with Crippen molar-refractivity contribution in [1.82, 2.24) is 9.88 Å². The number of aryl methyl sites for hydroxylation is 3. The third kappa shape index (κ3) is 3.66. The first-order valence-electron chi connectivity index (χ1n) is 9.13. The maximum Gasteiger partial charge on any atom is 0.230 e. The highest BCUT2D eigenvalue weighted by molar-refractivity contribution is 6.01. The van der Waals surface area contributed by atoms with Gasteiger partial charge in [-0.1, -0.05) is 11.2 Å². The summed E-state index contributed by atoms with van der Waals surface area (Å²) in [4.78, 5) is 6.73. The summed E-state index contributed by atoms with van der Waals surface area (Å²) in [6.45, 7) is 10.3. The van der Waals surface area contributed by atoms with Crippen LogP contribution in [-0.2, 0) is 0 Å². The van der Waals surface area contributed by atoms with Gasteiger partial charge in [0.05, 0.1) is 5.56 Å². The molecule has 1 saturated heterocycles. The fraction of sp³-hybridized carbons (Fsp3) is 0.429. The molecule has 1 aromatic carbocycles. The molecule has 1 aliphatic rings. The second-order valence-electron chi connectivity index (χ2n) is 7.34. The van der Waals surface area contributed by atoms with Gasteiger partial charge in [-0.05, 0) is 82.9 Å². The van der Waals surface area contributed by atoms with Gasteiger partial charge in [0, 0.05) is 17.8 Å². The van der Waals surface area contributed by atoms with Crippen molar-refractivity contribution in [3.8, 4) is 11.6 Å². The molecule has 138 valence electrons. The van der Waals surface area contributed by atoms with Crippen molar-refractivity contribution in [3.05, 3.63) is 52.7 Å². The number of rotatable bonds is 3. The zero-order valence-corrected chi connectivity index (χ0v) is 16.2. The van der Waals surface area contributed by atoms with Crippen molar-refractivity contribution >= 4 is 5.84 Å². The Morgan fingerprint density at radius 1 is 1.08 bits per heavy atom. The van der Waals surface area contributed by atoms with E-state index >= 15 is 0 Å². The van der Waals surface area contributed by atoms with E-state index in [0.29, 0.717) is 29.4 Å². The summed E-state index contributed by atoms with van der Waals surface area (Å²) in [5, 5.41) is 13.4. The molecule has 26 heavy (non-hydrogen) atoms. The van der Waals surface area contributed by atoms with Crippen molar-refractivity contribution in [2.45, 2.75) is 59.5 Å². The van der Waals surface area contributed by atoms with Gasteiger partial charge in [-0.15, -0.1) is 0 Å². The van der Waals surface area contributed by atoms with E-state index in [1.165, 1.54) is 0 Å².